The van der Waals surface area contributed by atoms with E-state index in [-0.39, 0.29) is 0 Å². The first kappa shape index (κ1) is 14.1. The molecule has 25 heavy (non-hydrogen) atoms. The highest BCUT2D eigenvalue weighted by Gasteiger charge is 2.28. The van der Waals surface area contributed by atoms with Crippen molar-refractivity contribution in [3.8, 4) is 0 Å². The maximum atomic E-state index is 9.41. The van der Waals surface area contributed by atoms with Crippen LogP contribution in [0.5, 0.6) is 0 Å². The molecule has 0 saturated carbocycles. The highest BCUT2D eigenvalue weighted by molar-refractivity contribution is 6.14. The van der Waals surface area contributed by atoms with E-state index >= 15 is 0 Å². The molecule has 2 aromatic heterocycles. The van der Waals surface area contributed by atoms with E-state index < -0.39 is 0 Å². The summed E-state index contributed by atoms with van der Waals surface area (Å²) in [6.07, 6.45) is 2.61. The molecule has 0 fully saturated rings. The molecule has 6 nitrogen and oxygen atoms in total. The Morgan fingerprint density at radius 3 is 2.92 bits per heavy atom. The number of aromatic nitrogens is 3. The molecule has 0 atom stereocenters. The number of oxime groups is 1. The van der Waals surface area contributed by atoms with Gasteiger partial charge in [0.25, 0.3) is 0 Å². The minimum atomic E-state index is 0.658. The van der Waals surface area contributed by atoms with Gasteiger partial charge in [-0.15, -0.1) is 0 Å². The minimum Gasteiger partial charge on any atom is -0.411 e. The number of aromatic amines is 2. The molecule has 3 heterocycles. The maximum absolute atomic E-state index is 9.41. The Kier molecular flexibility index (Phi) is 3.03. The molecule has 0 saturated heterocycles. The monoisotopic (exact) mass is 331 g/mol. The number of fused-ring (bicyclic) bond motifs is 4. The average Bonchev–Trinajstić information content (AvgIpc) is 3.24. The molecule has 0 spiro atoms. The summed E-state index contributed by atoms with van der Waals surface area (Å²) in [6, 6.07) is 14.6. The molecule has 0 aliphatic carbocycles. The summed E-state index contributed by atoms with van der Waals surface area (Å²) in [5.41, 5.74) is 5.71. The topological polar surface area (TPSA) is 80.3 Å². The molecule has 4 aromatic rings. The zero-order chi connectivity index (χ0) is 16.8. The van der Waals surface area contributed by atoms with E-state index in [2.05, 4.69) is 56.7 Å². The van der Waals surface area contributed by atoms with Crippen LogP contribution < -0.4 is 4.90 Å². The molecular weight excluding hydrogens is 314 g/mol. The average molecular weight is 331 g/mol. The van der Waals surface area contributed by atoms with Gasteiger partial charge in [0.15, 0.2) is 0 Å². The first-order chi connectivity index (χ1) is 12.3. The fraction of sp³-hybridized carbons (Fsp3) is 0.158. The van der Waals surface area contributed by atoms with Gasteiger partial charge in [0.1, 0.15) is 11.4 Å². The smallest absolute Gasteiger partial charge is 0.113 e. The van der Waals surface area contributed by atoms with E-state index in [1.807, 2.05) is 12.3 Å². The van der Waals surface area contributed by atoms with Crippen LogP contribution in [0.15, 0.2) is 53.8 Å². The number of hydrogen-bond acceptors (Lipinski definition) is 4. The van der Waals surface area contributed by atoms with Crippen molar-refractivity contribution in [2.45, 2.75) is 13.0 Å². The Morgan fingerprint density at radius 2 is 2.08 bits per heavy atom. The van der Waals surface area contributed by atoms with Crippen LogP contribution in [0.3, 0.4) is 0 Å². The molecule has 0 bridgehead atoms. The van der Waals surface area contributed by atoms with Crippen molar-refractivity contribution >= 4 is 33.2 Å². The van der Waals surface area contributed by atoms with Gasteiger partial charge < -0.3 is 20.3 Å². The van der Waals surface area contributed by atoms with Crippen LogP contribution >= 0.6 is 0 Å². The first-order valence-electron chi connectivity index (χ1n) is 8.33. The fourth-order valence-electron chi connectivity index (χ4n) is 3.66. The van der Waals surface area contributed by atoms with Gasteiger partial charge in [-0.2, -0.15) is 0 Å². The number of hydrogen-bond donors (Lipinski definition) is 3. The Labute approximate surface area is 143 Å². The molecule has 5 rings (SSSR count). The third-order valence-electron chi connectivity index (χ3n) is 4.86. The normalized spacial score (nSPS) is 16.0. The number of nitrogens with zero attached hydrogens (tertiary/aromatic N) is 3. The van der Waals surface area contributed by atoms with Crippen molar-refractivity contribution in [3.05, 3.63) is 59.9 Å². The van der Waals surface area contributed by atoms with Crippen molar-refractivity contribution < 1.29 is 5.21 Å². The maximum Gasteiger partial charge on any atom is 0.113 e. The molecule has 124 valence electrons. The number of rotatable bonds is 2. The van der Waals surface area contributed by atoms with Gasteiger partial charge in [-0.05, 0) is 17.7 Å². The fourth-order valence-corrected chi connectivity index (χ4v) is 3.66. The van der Waals surface area contributed by atoms with E-state index in [4.69, 9.17) is 4.98 Å². The molecule has 0 radical (unpaired) electrons. The SMILES string of the molecule is O/N=C1/CCN(Cc2ccccc2)c2c1nc1cc3c[nH][nH]c3cc21. The summed E-state index contributed by atoms with van der Waals surface area (Å²) in [5, 5.41) is 21.2. The minimum absolute atomic E-state index is 0.658. The number of benzene rings is 2. The van der Waals surface area contributed by atoms with Gasteiger partial charge in [-0.25, -0.2) is 4.98 Å². The molecule has 2 aromatic carbocycles. The van der Waals surface area contributed by atoms with Crippen LogP contribution in [0, 0.1) is 0 Å². The van der Waals surface area contributed by atoms with E-state index in [0.717, 1.165) is 46.3 Å². The number of H-pyrrole nitrogens is 2. The van der Waals surface area contributed by atoms with Gasteiger partial charge in [-0.1, -0.05) is 35.5 Å². The Bertz CT molecular complexity index is 1090. The second-order valence-electron chi connectivity index (χ2n) is 6.38. The van der Waals surface area contributed by atoms with Crippen LogP contribution in [0.1, 0.15) is 17.7 Å². The van der Waals surface area contributed by atoms with Crippen molar-refractivity contribution in [1.29, 1.82) is 0 Å². The van der Waals surface area contributed by atoms with Crippen LogP contribution in [0.4, 0.5) is 5.69 Å². The van der Waals surface area contributed by atoms with Crippen molar-refractivity contribution in [3.63, 3.8) is 0 Å². The van der Waals surface area contributed by atoms with E-state index in [9.17, 15) is 5.21 Å². The third kappa shape index (κ3) is 2.18. The molecule has 0 unspecified atom stereocenters. The second-order valence-corrected chi connectivity index (χ2v) is 6.38. The van der Waals surface area contributed by atoms with E-state index in [1.54, 1.807) is 0 Å². The molecule has 6 heteroatoms. The predicted molar refractivity (Wildman–Crippen MR) is 98.4 cm³/mol. The molecule has 1 aliphatic heterocycles. The largest absolute Gasteiger partial charge is 0.411 e. The lowest BCUT2D eigenvalue weighted by molar-refractivity contribution is 0.317. The van der Waals surface area contributed by atoms with Crippen LogP contribution in [0.25, 0.3) is 21.8 Å². The van der Waals surface area contributed by atoms with E-state index in [1.165, 1.54) is 5.56 Å². The summed E-state index contributed by atoms with van der Waals surface area (Å²) in [5.74, 6) is 0. The molecule has 3 N–H and O–H groups in total. The second kappa shape index (κ2) is 5.37. The summed E-state index contributed by atoms with van der Waals surface area (Å²) >= 11 is 0. The highest BCUT2D eigenvalue weighted by Crippen LogP contribution is 2.37. The summed E-state index contributed by atoms with van der Waals surface area (Å²) < 4.78 is 0. The molecular formula is C19H17N5O. The Morgan fingerprint density at radius 1 is 1.20 bits per heavy atom. The lowest BCUT2D eigenvalue weighted by atomic mass is 10.0. The van der Waals surface area contributed by atoms with E-state index in [0.29, 0.717) is 12.1 Å². The zero-order valence-corrected chi connectivity index (χ0v) is 13.5. The number of nitrogens with one attached hydrogen (secondary N) is 2. The van der Waals surface area contributed by atoms with Crippen molar-refractivity contribution in [1.82, 2.24) is 15.2 Å². The van der Waals surface area contributed by atoms with Gasteiger partial charge in [0.05, 0.1) is 16.7 Å². The Hall–Kier alpha value is -3.28. The quantitative estimate of drug-likeness (QED) is 0.387. The lowest BCUT2D eigenvalue weighted by Crippen LogP contribution is -2.31. The standard InChI is InChI=1S/C19H17N5O/c25-23-15-6-7-24(11-12-4-2-1-3-5-12)19-14-9-16-13(10-20-22-16)8-17(14)21-18(15)19/h1-5,8-10,20,22,25H,6-7,11H2/b23-15-. The lowest BCUT2D eigenvalue weighted by Gasteiger charge is -2.29. The first-order valence-corrected chi connectivity index (χ1v) is 8.33. The third-order valence-corrected chi connectivity index (χ3v) is 4.86. The number of anilines is 1. The zero-order valence-electron chi connectivity index (χ0n) is 13.5. The van der Waals surface area contributed by atoms with Crippen molar-refractivity contribution in [2.75, 3.05) is 11.4 Å². The van der Waals surface area contributed by atoms with Crippen LogP contribution in [-0.4, -0.2) is 32.6 Å². The van der Waals surface area contributed by atoms with Gasteiger partial charge in [0, 0.05) is 36.5 Å². The summed E-state index contributed by atoms with van der Waals surface area (Å²) in [7, 11) is 0. The van der Waals surface area contributed by atoms with Gasteiger partial charge in [0.2, 0.25) is 0 Å². The highest BCUT2D eigenvalue weighted by atomic mass is 16.4. The van der Waals surface area contributed by atoms with Gasteiger partial charge in [-0.3, -0.25) is 0 Å². The summed E-state index contributed by atoms with van der Waals surface area (Å²) in [4.78, 5) is 7.09. The van der Waals surface area contributed by atoms with Crippen LogP contribution in [-0.2, 0) is 6.54 Å². The van der Waals surface area contributed by atoms with Gasteiger partial charge >= 0.3 is 0 Å². The predicted octanol–water partition coefficient (Wildman–Crippen LogP) is 3.63. The van der Waals surface area contributed by atoms with Crippen molar-refractivity contribution in [2.24, 2.45) is 5.16 Å². The molecule has 1 aliphatic rings. The molecule has 0 amide bonds. The van der Waals surface area contributed by atoms with Crippen LogP contribution in [0.2, 0.25) is 0 Å². The summed E-state index contributed by atoms with van der Waals surface area (Å²) in [6.45, 7) is 1.61. The Balaban J connectivity index is 1.71.